The Morgan fingerprint density at radius 2 is 1.83 bits per heavy atom. The Labute approximate surface area is 142 Å². The number of esters is 1. The van der Waals surface area contributed by atoms with Crippen molar-refractivity contribution >= 4 is 17.7 Å². The third kappa shape index (κ3) is 4.08. The van der Waals surface area contributed by atoms with E-state index in [1.54, 1.807) is 7.11 Å². The molecule has 122 valence electrons. The average Bonchev–Trinajstić information content (AvgIpc) is 2.59. The van der Waals surface area contributed by atoms with Gasteiger partial charge in [-0.15, -0.1) is 11.8 Å². The molecule has 0 radical (unpaired) electrons. The molecule has 0 heterocycles. The van der Waals surface area contributed by atoms with Crippen LogP contribution in [0.3, 0.4) is 0 Å². The topological polar surface area (TPSA) is 35.5 Å². The largest absolute Gasteiger partial charge is 0.496 e. The highest BCUT2D eigenvalue weighted by Gasteiger charge is 2.19. The number of rotatable bonds is 6. The number of ether oxygens (including phenoxy) is 2. The molecule has 0 aromatic heterocycles. The third-order valence-corrected chi connectivity index (χ3v) is 4.83. The van der Waals surface area contributed by atoms with Crippen LogP contribution >= 0.6 is 11.8 Å². The minimum Gasteiger partial charge on any atom is -0.496 e. The van der Waals surface area contributed by atoms with Crippen LogP contribution in [0.15, 0.2) is 42.5 Å². The van der Waals surface area contributed by atoms with Gasteiger partial charge in [-0.1, -0.05) is 36.8 Å². The normalized spacial score (nSPS) is 11.8. The lowest BCUT2D eigenvalue weighted by molar-refractivity contribution is 0.0600. The standard InChI is InChI=1S/C19H22O3S/c1-5-23-18(16-12-13(2)6-11-17(16)21-3)14-7-9-15(10-8-14)19(20)22-4/h6-12,18H,5H2,1-4H3. The molecule has 0 amide bonds. The summed E-state index contributed by atoms with van der Waals surface area (Å²) in [7, 11) is 3.09. The zero-order chi connectivity index (χ0) is 16.8. The third-order valence-electron chi connectivity index (χ3n) is 3.64. The van der Waals surface area contributed by atoms with Crippen LogP contribution in [0.1, 0.15) is 39.2 Å². The predicted octanol–water partition coefficient (Wildman–Crippen LogP) is 4.63. The van der Waals surface area contributed by atoms with E-state index in [1.165, 1.54) is 12.7 Å². The molecule has 3 nitrogen and oxygen atoms in total. The molecule has 0 fully saturated rings. The minimum atomic E-state index is -0.315. The molecule has 0 aliphatic heterocycles. The predicted molar refractivity (Wildman–Crippen MR) is 95.5 cm³/mol. The molecular weight excluding hydrogens is 308 g/mol. The van der Waals surface area contributed by atoms with Crippen LogP contribution in [0.4, 0.5) is 0 Å². The summed E-state index contributed by atoms with van der Waals surface area (Å²) in [5.74, 6) is 1.56. The number of aryl methyl sites for hydroxylation is 1. The Morgan fingerprint density at radius 3 is 2.39 bits per heavy atom. The van der Waals surface area contributed by atoms with Gasteiger partial charge in [0.05, 0.1) is 25.0 Å². The van der Waals surface area contributed by atoms with Gasteiger partial charge in [-0.3, -0.25) is 0 Å². The van der Waals surface area contributed by atoms with Crippen LogP contribution in [0.2, 0.25) is 0 Å². The maximum Gasteiger partial charge on any atom is 0.337 e. The molecule has 23 heavy (non-hydrogen) atoms. The fourth-order valence-electron chi connectivity index (χ4n) is 2.50. The first-order valence-corrected chi connectivity index (χ1v) is 8.60. The molecule has 2 aromatic rings. The minimum absolute atomic E-state index is 0.168. The Balaban J connectivity index is 2.42. The lowest BCUT2D eigenvalue weighted by Gasteiger charge is -2.20. The summed E-state index contributed by atoms with van der Waals surface area (Å²) in [6.07, 6.45) is 0. The van der Waals surface area contributed by atoms with E-state index in [9.17, 15) is 4.79 Å². The van der Waals surface area contributed by atoms with Crippen LogP contribution in [0.5, 0.6) is 5.75 Å². The molecule has 2 rings (SSSR count). The number of carbonyl (C=O) groups is 1. The highest BCUT2D eigenvalue weighted by Crippen LogP contribution is 2.40. The molecule has 0 bridgehead atoms. The van der Waals surface area contributed by atoms with Crippen LogP contribution in [0, 0.1) is 6.92 Å². The fraction of sp³-hybridized carbons (Fsp3) is 0.316. The van der Waals surface area contributed by atoms with E-state index in [0.717, 1.165) is 22.6 Å². The number of thioether (sulfide) groups is 1. The summed E-state index contributed by atoms with van der Waals surface area (Å²) >= 11 is 1.84. The molecule has 1 unspecified atom stereocenters. The first-order chi connectivity index (χ1) is 11.1. The van der Waals surface area contributed by atoms with Crippen LogP contribution in [-0.2, 0) is 4.74 Å². The Morgan fingerprint density at radius 1 is 1.13 bits per heavy atom. The van der Waals surface area contributed by atoms with Gasteiger partial charge in [0.15, 0.2) is 0 Å². The molecule has 0 aliphatic rings. The molecule has 4 heteroatoms. The number of benzene rings is 2. The highest BCUT2D eigenvalue weighted by molar-refractivity contribution is 7.99. The molecule has 0 spiro atoms. The SMILES string of the molecule is CCSC(c1ccc(C(=O)OC)cc1)c1cc(C)ccc1OC. The van der Waals surface area contributed by atoms with Crippen molar-refractivity contribution in [2.24, 2.45) is 0 Å². The van der Waals surface area contributed by atoms with Gasteiger partial charge in [-0.05, 0) is 36.4 Å². The molecule has 1 atom stereocenters. The number of hydrogen-bond donors (Lipinski definition) is 0. The van der Waals surface area contributed by atoms with Crippen molar-refractivity contribution in [3.05, 3.63) is 64.7 Å². The lowest BCUT2D eigenvalue weighted by atomic mass is 10.0. The Hall–Kier alpha value is -1.94. The van der Waals surface area contributed by atoms with Crippen molar-refractivity contribution in [2.75, 3.05) is 20.0 Å². The van der Waals surface area contributed by atoms with E-state index in [2.05, 4.69) is 26.0 Å². The second-order valence-electron chi connectivity index (χ2n) is 5.19. The zero-order valence-corrected chi connectivity index (χ0v) is 14.8. The maximum absolute atomic E-state index is 11.6. The van der Waals surface area contributed by atoms with Crippen LogP contribution in [-0.4, -0.2) is 25.9 Å². The Kier molecular flexibility index (Phi) is 6.11. The number of carbonyl (C=O) groups excluding carboxylic acids is 1. The fourth-order valence-corrected chi connectivity index (χ4v) is 3.55. The van der Waals surface area contributed by atoms with E-state index in [1.807, 2.05) is 42.1 Å². The lowest BCUT2D eigenvalue weighted by Crippen LogP contribution is -2.04. The van der Waals surface area contributed by atoms with Crippen molar-refractivity contribution in [2.45, 2.75) is 19.1 Å². The second kappa shape index (κ2) is 8.06. The van der Waals surface area contributed by atoms with Gasteiger partial charge in [0.25, 0.3) is 0 Å². The Bertz CT molecular complexity index is 665. The van der Waals surface area contributed by atoms with Gasteiger partial charge in [-0.2, -0.15) is 0 Å². The first-order valence-electron chi connectivity index (χ1n) is 7.55. The van der Waals surface area contributed by atoms with Crippen molar-refractivity contribution in [3.8, 4) is 5.75 Å². The first kappa shape index (κ1) is 17.4. The summed E-state index contributed by atoms with van der Waals surface area (Å²) in [6, 6.07) is 13.8. The maximum atomic E-state index is 11.6. The van der Waals surface area contributed by atoms with Gasteiger partial charge in [0.2, 0.25) is 0 Å². The molecule has 2 aromatic carbocycles. The summed E-state index contributed by atoms with van der Waals surface area (Å²) in [6.45, 7) is 4.22. The van der Waals surface area contributed by atoms with Crippen molar-refractivity contribution in [1.29, 1.82) is 0 Å². The highest BCUT2D eigenvalue weighted by atomic mass is 32.2. The van der Waals surface area contributed by atoms with Crippen LogP contribution < -0.4 is 4.74 Å². The summed E-state index contributed by atoms with van der Waals surface area (Å²) in [4.78, 5) is 11.6. The van der Waals surface area contributed by atoms with E-state index in [4.69, 9.17) is 9.47 Å². The quantitative estimate of drug-likeness (QED) is 0.723. The van der Waals surface area contributed by atoms with Crippen LogP contribution in [0.25, 0.3) is 0 Å². The summed E-state index contributed by atoms with van der Waals surface area (Å²) in [5.41, 5.74) is 4.07. The monoisotopic (exact) mass is 330 g/mol. The van der Waals surface area contributed by atoms with Crippen molar-refractivity contribution in [3.63, 3.8) is 0 Å². The van der Waals surface area contributed by atoms with Gasteiger partial charge in [-0.25, -0.2) is 4.79 Å². The smallest absolute Gasteiger partial charge is 0.337 e. The number of methoxy groups -OCH3 is 2. The average molecular weight is 330 g/mol. The molecule has 0 aliphatic carbocycles. The van der Waals surface area contributed by atoms with E-state index >= 15 is 0 Å². The zero-order valence-electron chi connectivity index (χ0n) is 14.0. The molecule has 0 saturated heterocycles. The van der Waals surface area contributed by atoms with Gasteiger partial charge < -0.3 is 9.47 Å². The van der Waals surface area contributed by atoms with E-state index in [0.29, 0.717) is 5.56 Å². The van der Waals surface area contributed by atoms with Gasteiger partial charge in [0.1, 0.15) is 5.75 Å². The molecule has 0 saturated carbocycles. The van der Waals surface area contributed by atoms with Gasteiger partial charge >= 0.3 is 5.97 Å². The molecule has 0 N–H and O–H groups in total. The van der Waals surface area contributed by atoms with Gasteiger partial charge in [0, 0.05) is 5.56 Å². The van der Waals surface area contributed by atoms with Crippen molar-refractivity contribution in [1.82, 2.24) is 0 Å². The van der Waals surface area contributed by atoms with E-state index < -0.39 is 0 Å². The second-order valence-corrected chi connectivity index (χ2v) is 6.58. The van der Waals surface area contributed by atoms with Crippen molar-refractivity contribution < 1.29 is 14.3 Å². The summed E-state index contributed by atoms with van der Waals surface area (Å²) < 4.78 is 10.3. The summed E-state index contributed by atoms with van der Waals surface area (Å²) in [5, 5.41) is 0.168. The number of hydrogen-bond acceptors (Lipinski definition) is 4. The molecular formula is C19H22O3S. The van der Waals surface area contributed by atoms with E-state index in [-0.39, 0.29) is 11.2 Å².